The van der Waals surface area contributed by atoms with Crippen molar-refractivity contribution in [3.05, 3.63) is 23.5 Å². The molecule has 5 heteroatoms. The average molecular weight is 348 g/mol. The summed E-state index contributed by atoms with van der Waals surface area (Å²) in [6.07, 6.45) is 5.70. The molecule has 2 rings (SSSR count). The minimum atomic E-state index is -0.451. The summed E-state index contributed by atoms with van der Waals surface area (Å²) in [7, 11) is 0. The van der Waals surface area contributed by atoms with Crippen LogP contribution in [0.15, 0.2) is 23.5 Å². The predicted molar refractivity (Wildman–Crippen MR) is 99.2 cm³/mol. The first-order valence-electron chi connectivity index (χ1n) is 9.50. The first kappa shape index (κ1) is 19.5. The van der Waals surface area contributed by atoms with Gasteiger partial charge in [0.1, 0.15) is 11.4 Å². The van der Waals surface area contributed by atoms with Gasteiger partial charge in [0.2, 0.25) is 0 Å². The van der Waals surface area contributed by atoms with Gasteiger partial charge in [-0.2, -0.15) is 0 Å². The monoisotopic (exact) mass is 348 g/mol. The number of allylic oxidation sites excluding steroid dienone is 3. The van der Waals surface area contributed by atoms with E-state index in [9.17, 15) is 9.59 Å². The average Bonchev–Trinajstić information content (AvgIpc) is 2.58. The zero-order valence-corrected chi connectivity index (χ0v) is 16.3. The van der Waals surface area contributed by atoms with Crippen LogP contribution in [0.3, 0.4) is 0 Å². The number of carbonyl (C=O) groups is 2. The van der Waals surface area contributed by atoms with Gasteiger partial charge in [-0.3, -0.25) is 4.79 Å². The molecule has 0 unspecified atom stereocenters. The molecule has 0 radical (unpaired) electrons. The number of ketones is 1. The van der Waals surface area contributed by atoms with Crippen molar-refractivity contribution in [1.82, 2.24) is 9.80 Å². The Bertz CT molecular complexity index is 565. The number of urea groups is 1. The lowest BCUT2D eigenvalue weighted by molar-refractivity contribution is -0.129. The van der Waals surface area contributed by atoms with Crippen molar-refractivity contribution in [1.29, 1.82) is 0 Å². The van der Waals surface area contributed by atoms with Gasteiger partial charge < -0.3 is 14.5 Å². The summed E-state index contributed by atoms with van der Waals surface area (Å²) in [6.45, 7) is 12.8. The third-order valence-corrected chi connectivity index (χ3v) is 5.12. The Morgan fingerprint density at radius 1 is 1.28 bits per heavy atom. The van der Waals surface area contributed by atoms with E-state index in [2.05, 4.69) is 13.8 Å². The summed E-state index contributed by atoms with van der Waals surface area (Å²) in [5, 5.41) is 0. The smallest absolute Gasteiger partial charge is 0.319 e. The fourth-order valence-corrected chi connectivity index (χ4v) is 3.65. The molecule has 2 aliphatic heterocycles. The molecule has 0 N–H and O–H groups in total. The number of rotatable bonds is 3. The van der Waals surface area contributed by atoms with Crippen molar-refractivity contribution in [2.24, 2.45) is 5.92 Å². The second-order valence-electron chi connectivity index (χ2n) is 7.30. The van der Waals surface area contributed by atoms with Crippen molar-refractivity contribution < 1.29 is 14.3 Å². The quantitative estimate of drug-likeness (QED) is 0.730. The molecule has 0 aromatic heterocycles. The number of piperidine rings is 1. The predicted octanol–water partition coefficient (Wildman–Crippen LogP) is 3.76. The summed E-state index contributed by atoms with van der Waals surface area (Å²) in [4.78, 5) is 29.0. The third kappa shape index (κ3) is 4.25. The fourth-order valence-electron chi connectivity index (χ4n) is 3.65. The molecule has 5 nitrogen and oxygen atoms in total. The third-order valence-electron chi connectivity index (χ3n) is 5.12. The van der Waals surface area contributed by atoms with Crippen molar-refractivity contribution in [3.63, 3.8) is 0 Å². The van der Waals surface area contributed by atoms with Crippen molar-refractivity contribution in [2.45, 2.75) is 59.5 Å². The lowest BCUT2D eigenvalue weighted by Gasteiger charge is -2.45. The minimum Gasteiger partial charge on any atom is -0.486 e. The van der Waals surface area contributed by atoms with Crippen molar-refractivity contribution >= 4 is 11.8 Å². The van der Waals surface area contributed by atoms with E-state index in [0.717, 1.165) is 13.1 Å². The van der Waals surface area contributed by atoms with Gasteiger partial charge in [0, 0.05) is 39.0 Å². The number of hydrogen-bond acceptors (Lipinski definition) is 3. The van der Waals surface area contributed by atoms with Crippen LogP contribution in [0.25, 0.3) is 0 Å². The van der Waals surface area contributed by atoms with Crippen LogP contribution in [0, 0.1) is 5.92 Å². The van der Waals surface area contributed by atoms with Gasteiger partial charge in [0.05, 0.1) is 12.0 Å². The van der Waals surface area contributed by atoms with E-state index in [1.54, 1.807) is 0 Å². The summed E-state index contributed by atoms with van der Waals surface area (Å²) >= 11 is 0. The van der Waals surface area contributed by atoms with Gasteiger partial charge in [-0.15, -0.1) is 0 Å². The molecule has 140 valence electrons. The zero-order valence-electron chi connectivity index (χ0n) is 16.3. The molecule has 0 aliphatic carbocycles. The molecular formula is C20H32N2O3. The Morgan fingerprint density at radius 2 is 1.88 bits per heavy atom. The molecule has 2 amide bonds. The maximum Gasteiger partial charge on any atom is 0.319 e. The van der Waals surface area contributed by atoms with Gasteiger partial charge in [-0.25, -0.2) is 4.79 Å². The van der Waals surface area contributed by atoms with E-state index in [0.29, 0.717) is 49.6 Å². The number of ether oxygens (including phenoxy) is 1. The molecule has 1 spiro atoms. The summed E-state index contributed by atoms with van der Waals surface area (Å²) in [6, 6.07) is 0.0913. The van der Waals surface area contributed by atoms with E-state index in [1.807, 2.05) is 42.7 Å². The molecule has 2 fully saturated rings. The topological polar surface area (TPSA) is 49.9 Å². The highest BCUT2D eigenvalue weighted by molar-refractivity contribution is 6.00. The van der Waals surface area contributed by atoms with Crippen LogP contribution in [0.5, 0.6) is 0 Å². The number of likely N-dealkylation sites (tertiary alicyclic amines) is 1. The normalized spacial score (nSPS) is 23.4. The Kier molecular flexibility index (Phi) is 6.31. The number of amides is 2. The first-order chi connectivity index (χ1) is 11.9. The minimum absolute atomic E-state index is 0.0913. The van der Waals surface area contributed by atoms with Crippen LogP contribution in [-0.2, 0) is 9.53 Å². The lowest BCUT2D eigenvalue weighted by atomic mass is 9.81. The summed E-state index contributed by atoms with van der Waals surface area (Å²) < 4.78 is 6.31. The van der Waals surface area contributed by atoms with Crippen LogP contribution >= 0.6 is 0 Å². The Labute approximate surface area is 151 Å². The van der Waals surface area contributed by atoms with Crippen LogP contribution in [0.1, 0.15) is 53.9 Å². The van der Waals surface area contributed by atoms with E-state index < -0.39 is 5.60 Å². The molecule has 0 atom stereocenters. The molecule has 2 aliphatic rings. The van der Waals surface area contributed by atoms with E-state index in [1.165, 1.54) is 0 Å². The molecule has 0 saturated carbocycles. The van der Waals surface area contributed by atoms with Crippen LogP contribution in [0.4, 0.5) is 4.79 Å². The number of carbonyl (C=O) groups excluding carboxylic acids is 2. The van der Waals surface area contributed by atoms with Gasteiger partial charge in [-0.05, 0) is 32.8 Å². The molecular weight excluding hydrogens is 316 g/mol. The van der Waals surface area contributed by atoms with Gasteiger partial charge >= 0.3 is 6.03 Å². The molecule has 2 saturated heterocycles. The number of nitrogens with zero attached hydrogens (tertiary/aromatic N) is 2. The van der Waals surface area contributed by atoms with Crippen LogP contribution in [-0.4, -0.2) is 53.4 Å². The highest BCUT2D eigenvalue weighted by atomic mass is 16.5. The first-order valence-corrected chi connectivity index (χ1v) is 9.50. The molecule has 0 aromatic carbocycles. The van der Waals surface area contributed by atoms with Crippen molar-refractivity contribution in [2.75, 3.05) is 26.2 Å². The standard InChI is InChI=1S/C20H32N2O3/c1-6-18-16(13-15(4)5)17(23)14-20(25-18)9-11-22(12-10-20)19(24)21(7-2)8-3/h6,13,15H,7-12,14H2,1-5H3/b16-13-,18-6+. The van der Waals surface area contributed by atoms with E-state index in [-0.39, 0.29) is 11.8 Å². The zero-order chi connectivity index (χ0) is 18.6. The SMILES string of the molecule is C/C=C1/OC2(CCN(C(=O)N(CC)CC)CC2)CC(=O)/C1=C/C(C)C. The maximum atomic E-state index is 12.7. The Hall–Kier alpha value is -1.78. The lowest BCUT2D eigenvalue weighted by Crippen LogP contribution is -2.53. The number of Topliss-reactive ketones (excluding diaryl/α,β-unsaturated/α-hetero) is 1. The van der Waals surface area contributed by atoms with E-state index >= 15 is 0 Å². The van der Waals surface area contributed by atoms with Crippen LogP contribution < -0.4 is 0 Å². The molecule has 2 heterocycles. The summed E-state index contributed by atoms with van der Waals surface area (Å²) in [5.74, 6) is 1.17. The van der Waals surface area contributed by atoms with Crippen LogP contribution in [0.2, 0.25) is 0 Å². The second-order valence-corrected chi connectivity index (χ2v) is 7.30. The largest absolute Gasteiger partial charge is 0.486 e. The highest BCUT2D eigenvalue weighted by Crippen LogP contribution is 2.40. The maximum absolute atomic E-state index is 12.7. The molecule has 0 bridgehead atoms. The van der Waals surface area contributed by atoms with Gasteiger partial charge in [0.25, 0.3) is 0 Å². The Morgan fingerprint density at radius 3 is 2.36 bits per heavy atom. The highest BCUT2D eigenvalue weighted by Gasteiger charge is 2.45. The van der Waals surface area contributed by atoms with E-state index in [4.69, 9.17) is 4.74 Å². The fraction of sp³-hybridized carbons (Fsp3) is 0.700. The Balaban J connectivity index is 2.09. The summed E-state index contributed by atoms with van der Waals surface area (Å²) in [5.41, 5.74) is 0.262. The molecule has 0 aromatic rings. The second kappa shape index (κ2) is 8.07. The number of hydrogen-bond donors (Lipinski definition) is 0. The molecule has 25 heavy (non-hydrogen) atoms. The van der Waals surface area contributed by atoms with Gasteiger partial charge in [0.15, 0.2) is 5.78 Å². The van der Waals surface area contributed by atoms with Crippen molar-refractivity contribution in [3.8, 4) is 0 Å². The van der Waals surface area contributed by atoms with Gasteiger partial charge in [-0.1, -0.05) is 19.9 Å².